The van der Waals surface area contributed by atoms with E-state index >= 15 is 0 Å². The van der Waals surface area contributed by atoms with E-state index < -0.39 is 36.2 Å². The number of hydrogen-bond acceptors (Lipinski definition) is 13. The molecule has 2 aliphatic carbocycles. The Morgan fingerprint density at radius 1 is 1.02 bits per heavy atom. The van der Waals surface area contributed by atoms with Gasteiger partial charge in [-0.2, -0.15) is 0 Å². The summed E-state index contributed by atoms with van der Waals surface area (Å²) in [6.45, 7) is 11.0. The molecule has 346 valence electrons. The van der Waals surface area contributed by atoms with Crippen molar-refractivity contribution in [3.63, 3.8) is 0 Å². The summed E-state index contributed by atoms with van der Waals surface area (Å²) in [7, 11) is 4.75. The summed E-state index contributed by atoms with van der Waals surface area (Å²) >= 11 is 0. The van der Waals surface area contributed by atoms with E-state index in [4.69, 9.17) is 43.2 Å². The first-order chi connectivity index (χ1) is 30.4. The molecule has 7 atom stereocenters. The molecule has 15 heteroatoms. The Labute approximate surface area is 371 Å². The molecule has 2 aliphatic heterocycles. The third-order valence-electron chi connectivity index (χ3n) is 12.3. The lowest BCUT2D eigenvalue weighted by Gasteiger charge is -2.59. The normalized spacial score (nSPS) is 25.7. The second-order valence-corrected chi connectivity index (χ2v) is 18.0. The number of benzene rings is 2. The van der Waals surface area contributed by atoms with Gasteiger partial charge in [0.25, 0.3) is 0 Å². The minimum Gasteiger partial charge on any atom is -0.497 e. The smallest absolute Gasteiger partial charge is 0.417 e. The minimum absolute atomic E-state index is 0.00659. The van der Waals surface area contributed by atoms with Gasteiger partial charge in [-0.05, 0) is 91.7 Å². The van der Waals surface area contributed by atoms with Gasteiger partial charge in [-0.1, -0.05) is 50.9 Å². The number of nitrogens with one attached hydrogen (secondary N) is 1. The van der Waals surface area contributed by atoms with Crippen molar-refractivity contribution >= 4 is 23.6 Å². The van der Waals surface area contributed by atoms with Crippen LogP contribution in [0.5, 0.6) is 23.0 Å². The Morgan fingerprint density at radius 2 is 1.78 bits per heavy atom. The largest absolute Gasteiger partial charge is 0.497 e. The third-order valence-corrected chi connectivity index (χ3v) is 12.3. The second kappa shape index (κ2) is 21.7. The zero-order chi connectivity index (χ0) is 45.1. The Hall–Kier alpha value is -4.83. The molecule has 0 aromatic heterocycles. The van der Waals surface area contributed by atoms with Gasteiger partial charge in [0.15, 0.2) is 0 Å². The van der Waals surface area contributed by atoms with E-state index in [1.54, 1.807) is 55.5 Å². The van der Waals surface area contributed by atoms with Crippen LogP contribution in [0.3, 0.4) is 0 Å². The first-order valence-corrected chi connectivity index (χ1v) is 22.3. The highest BCUT2D eigenvalue weighted by Crippen LogP contribution is 2.62. The van der Waals surface area contributed by atoms with Crippen molar-refractivity contribution in [2.45, 2.75) is 109 Å². The maximum atomic E-state index is 14.1. The van der Waals surface area contributed by atoms with E-state index in [1.807, 2.05) is 26.8 Å². The molecule has 3 N–H and O–H groups in total. The molecule has 2 amide bonds. The summed E-state index contributed by atoms with van der Waals surface area (Å²) in [4.78, 5) is 35.4. The standard InChI is InChI=1S/C48H67N3O12/c1-8-24-60-48-41(51(5)46(55)59-30-47(2,3)4)29-38(50-63-42-17-11-14-25-58-42)35-26-31(15-9-12-22-52)34(16-10-13-23-53)43(44(35)48)36-27-33(19-21-39(36)62-48)61-45(54)49-37-20-18-32(56-6)28-40(37)57-7/h8,18-21,26-28,31,34,41-44,52-53H,1,9-17,22-25,29-30H2,2-7H3,(H,49,54). The summed E-state index contributed by atoms with van der Waals surface area (Å²) in [5.41, 5.74) is 2.44. The quantitative estimate of drug-likeness (QED) is 0.0697. The molecule has 63 heavy (non-hydrogen) atoms. The number of oxime groups is 1. The molecule has 6 rings (SSSR count). The van der Waals surface area contributed by atoms with Crippen LogP contribution in [0.15, 0.2) is 65.9 Å². The topological polar surface area (TPSA) is 176 Å². The van der Waals surface area contributed by atoms with Gasteiger partial charge in [0, 0.05) is 50.7 Å². The summed E-state index contributed by atoms with van der Waals surface area (Å²) < 4.78 is 42.8. The molecule has 2 fully saturated rings. The molecule has 0 radical (unpaired) electrons. The predicted molar refractivity (Wildman–Crippen MR) is 237 cm³/mol. The predicted octanol–water partition coefficient (Wildman–Crippen LogP) is 8.59. The van der Waals surface area contributed by atoms with Crippen molar-refractivity contribution in [2.75, 3.05) is 59.6 Å². The number of aliphatic hydroxyl groups is 2. The van der Waals surface area contributed by atoms with Crippen LogP contribution in [0, 0.1) is 23.2 Å². The van der Waals surface area contributed by atoms with E-state index in [2.05, 4.69) is 18.0 Å². The maximum absolute atomic E-state index is 14.1. The molecule has 2 aromatic rings. The Kier molecular flexibility index (Phi) is 16.4. The van der Waals surface area contributed by atoms with E-state index in [0.29, 0.717) is 54.5 Å². The van der Waals surface area contributed by atoms with Crippen LogP contribution < -0.4 is 24.3 Å². The van der Waals surface area contributed by atoms with Gasteiger partial charge in [0.2, 0.25) is 12.1 Å². The van der Waals surface area contributed by atoms with Gasteiger partial charge < -0.3 is 53.1 Å². The highest BCUT2D eigenvalue weighted by molar-refractivity contribution is 6.03. The molecule has 2 aromatic carbocycles. The molecule has 0 bridgehead atoms. The number of likely N-dealkylation sites (N-methyl/N-ethyl adjacent to an activating group) is 1. The van der Waals surface area contributed by atoms with Crippen LogP contribution >= 0.6 is 0 Å². The molecule has 4 aliphatic rings. The number of rotatable bonds is 19. The van der Waals surface area contributed by atoms with Gasteiger partial charge in [0.1, 0.15) is 29.0 Å². The van der Waals surface area contributed by atoms with Gasteiger partial charge in [-0.15, -0.1) is 6.58 Å². The summed E-state index contributed by atoms with van der Waals surface area (Å²) in [6, 6.07) is 9.59. The van der Waals surface area contributed by atoms with Gasteiger partial charge >= 0.3 is 12.2 Å². The number of methoxy groups -OCH3 is 2. The van der Waals surface area contributed by atoms with Crippen molar-refractivity contribution in [3.05, 3.63) is 66.3 Å². The fourth-order valence-corrected chi connectivity index (χ4v) is 9.36. The lowest BCUT2D eigenvalue weighted by atomic mass is 9.55. The number of allylic oxidation sites excluding steroid dienone is 1. The molecule has 1 saturated carbocycles. The van der Waals surface area contributed by atoms with Gasteiger partial charge in [-0.3, -0.25) is 5.32 Å². The fraction of sp³-hybridized carbons (Fsp3) is 0.604. The number of nitrogens with zero attached hydrogens (tertiary/aromatic N) is 2. The number of fused-ring (bicyclic) bond motifs is 2. The van der Waals surface area contributed by atoms with E-state index in [9.17, 15) is 19.8 Å². The lowest BCUT2D eigenvalue weighted by molar-refractivity contribution is -0.254. The molecule has 0 spiro atoms. The van der Waals surface area contributed by atoms with E-state index in [0.717, 1.165) is 49.7 Å². The number of amides is 2. The average molecular weight is 878 g/mol. The van der Waals surface area contributed by atoms with Gasteiger partial charge in [-0.25, -0.2) is 9.59 Å². The first kappa shape index (κ1) is 47.6. The van der Waals surface area contributed by atoms with Crippen LogP contribution in [-0.4, -0.2) is 105 Å². The molecule has 2 heterocycles. The van der Waals surface area contributed by atoms with Crippen molar-refractivity contribution < 1.29 is 57.8 Å². The van der Waals surface area contributed by atoms with Crippen LogP contribution in [0.2, 0.25) is 0 Å². The van der Waals surface area contributed by atoms with Crippen molar-refractivity contribution in [2.24, 2.45) is 28.3 Å². The Bertz CT molecular complexity index is 1940. The third kappa shape index (κ3) is 11.3. The number of hydrogen-bond donors (Lipinski definition) is 3. The summed E-state index contributed by atoms with van der Waals surface area (Å²) in [5.74, 6) is -0.622. The van der Waals surface area contributed by atoms with Crippen molar-refractivity contribution in [3.8, 4) is 23.0 Å². The van der Waals surface area contributed by atoms with Crippen molar-refractivity contribution in [1.82, 2.24) is 4.90 Å². The van der Waals surface area contributed by atoms with Crippen molar-refractivity contribution in [1.29, 1.82) is 0 Å². The number of carbonyl (C=O) groups excluding carboxylic acids is 2. The first-order valence-electron chi connectivity index (χ1n) is 22.3. The summed E-state index contributed by atoms with van der Waals surface area (Å²) in [6.07, 6.45) is 9.27. The Morgan fingerprint density at radius 3 is 2.46 bits per heavy atom. The molecular formula is C48H67N3O12. The van der Waals surface area contributed by atoms with Gasteiger partial charge in [0.05, 0.1) is 51.4 Å². The number of carbonyl (C=O) groups is 2. The number of anilines is 1. The minimum atomic E-state index is -1.47. The lowest BCUT2D eigenvalue weighted by Crippen LogP contribution is -2.69. The number of aliphatic hydroxyl groups excluding tert-OH is 2. The van der Waals surface area contributed by atoms with E-state index in [1.165, 1.54) is 7.11 Å². The highest BCUT2D eigenvalue weighted by atomic mass is 16.8. The maximum Gasteiger partial charge on any atom is 0.417 e. The summed E-state index contributed by atoms with van der Waals surface area (Å²) in [5, 5.41) is 27.5. The van der Waals surface area contributed by atoms with Crippen LogP contribution in [-0.2, 0) is 19.0 Å². The SMILES string of the molecule is C=CCOC12Oc3ccc(OC(=O)Nc4ccc(OC)cc4OC)cc3C3C(CCCCO)C(CCCCO)C=C(C(=NOC4CCCCO4)CC1N(C)C(=O)OCC(C)(C)C)C32. The van der Waals surface area contributed by atoms with Crippen LogP contribution in [0.1, 0.15) is 96.5 Å². The van der Waals surface area contributed by atoms with E-state index in [-0.39, 0.29) is 61.8 Å². The fourth-order valence-electron chi connectivity index (χ4n) is 9.36. The number of unbranched alkanes of at least 4 members (excludes halogenated alkanes) is 2. The zero-order valence-corrected chi connectivity index (χ0v) is 37.8. The monoisotopic (exact) mass is 877 g/mol. The van der Waals surface area contributed by atoms with Crippen LogP contribution in [0.4, 0.5) is 15.3 Å². The van der Waals surface area contributed by atoms with Crippen LogP contribution in [0.25, 0.3) is 0 Å². The average Bonchev–Trinajstić information content (AvgIpc) is 3.28. The second-order valence-electron chi connectivity index (χ2n) is 18.0. The molecule has 7 unspecified atom stereocenters. The zero-order valence-electron chi connectivity index (χ0n) is 37.8. The molecule has 15 nitrogen and oxygen atoms in total. The molecule has 1 saturated heterocycles. The molecular weight excluding hydrogens is 811 g/mol. The Balaban J connectivity index is 1.50. The highest BCUT2D eigenvalue weighted by Gasteiger charge is 2.65. The number of ether oxygens (including phenoxy) is 7.